The third-order valence-corrected chi connectivity index (χ3v) is 4.36. The molecule has 116 valence electrons. The van der Waals surface area contributed by atoms with E-state index in [1.54, 1.807) is 36.4 Å². The number of aryl methyl sites for hydroxylation is 1. The van der Waals surface area contributed by atoms with Gasteiger partial charge in [-0.1, -0.05) is 29.3 Å². The first-order valence-electron chi connectivity index (χ1n) is 6.38. The lowest BCUT2D eigenvalue weighted by molar-refractivity contribution is 0.401. The Morgan fingerprint density at radius 1 is 1.09 bits per heavy atom. The van der Waals surface area contributed by atoms with Gasteiger partial charge in [0.2, 0.25) is 5.90 Å². The lowest BCUT2D eigenvalue weighted by Gasteiger charge is -2.07. The Bertz CT molecular complexity index is 769. The smallest absolute Gasteiger partial charge is 0.276 e. The molecule has 0 aliphatic carbocycles. The summed E-state index contributed by atoms with van der Waals surface area (Å²) >= 11 is 5.81. The summed E-state index contributed by atoms with van der Waals surface area (Å²) in [6.45, 7) is 1.88. The van der Waals surface area contributed by atoms with Crippen LogP contribution in [0.15, 0.2) is 58.5 Å². The van der Waals surface area contributed by atoms with Crippen LogP contribution in [0.4, 0.5) is 0 Å². The highest BCUT2D eigenvalue weighted by molar-refractivity contribution is 7.89. The largest absolute Gasteiger partial charge is 0.480 e. The maximum absolute atomic E-state index is 12.2. The Labute approximate surface area is 134 Å². The van der Waals surface area contributed by atoms with Crippen molar-refractivity contribution in [1.29, 1.82) is 0 Å². The van der Waals surface area contributed by atoms with Gasteiger partial charge in [0.25, 0.3) is 10.0 Å². The van der Waals surface area contributed by atoms with Crippen LogP contribution < -0.4 is 4.83 Å². The molecule has 2 aromatic rings. The van der Waals surface area contributed by atoms with Crippen molar-refractivity contribution in [2.45, 2.75) is 11.8 Å². The minimum Gasteiger partial charge on any atom is -0.480 e. The molecule has 2 aromatic carbocycles. The Balaban J connectivity index is 2.24. The highest BCUT2D eigenvalue weighted by Crippen LogP contribution is 2.12. The van der Waals surface area contributed by atoms with Crippen molar-refractivity contribution in [3.8, 4) is 0 Å². The lowest BCUT2D eigenvalue weighted by atomic mass is 10.2. The minimum absolute atomic E-state index is 0.133. The molecule has 0 saturated heterocycles. The van der Waals surface area contributed by atoms with Gasteiger partial charge in [-0.2, -0.15) is 13.2 Å². The van der Waals surface area contributed by atoms with Crippen molar-refractivity contribution < 1.29 is 13.2 Å². The van der Waals surface area contributed by atoms with Crippen molar-refractivity contribution in [3.05, 3.63) is 64.7 Å². The van der Waals surface area contributed by atoms with E-state index in [4.69, 9.17) is 16.3 Å². The van der Waals surface area contributed by atoms with E-state index in [2.05, 4.69) is 9.93 Å². The molecule has 0 aromatic heterocycles. The van der Waals surface area contributed by atoms with Gasteiger partial charge >= 0.3 is 0 Å². The van der Waals surface area contributed by atoms with Gasteiger partial charge in [-0.05, 0) is 43.3 Å². The van der Waals surface area contributed by atoms with Crippen LogP contribution in [0.1, 0.15) is 11.1 Å². The summed E-state index contributed by atoms with van der Waals surface area (Å²) in [5.74, 6) is 0.146. The Hall–Kier alpha value is -2.05. The number of ether oxygens (including phenoxy) is 1. The number of nitrogens with one attached hydrogen (secondary N) is 1. The third kappa shape index (κ3) is 3.99. The summed E-state index contributed by atoms with van der Waals surface area (Å²) in [6, 6.07) is 13.2. The molecule has 1 N–H and O–H groups in total. The molecule has 22 heavy (non-hydrogen) atoms. The summed E-state index contributed by atoms with van der Waals surface area (Å²) in [5, 5.41) is 4.39. The molecule has 0 spiro atoms. The summed E-state index contributed by atoms with van der Waals surface area (Å²) in [7, 11) is -2.33. The molecule has 0 aliphatic heterocycles. The first kappa shape index (κ1) is 16.3. The van der Waals surface area contributed by atoms with Crippen molar-refractivity contribution in [1.82, 2.24) is 4.83 Å². The van der Waals surface area contributed by atoms with Crippen LogP contribution in [0, 0.1) is 6.92 Å². The molecule has 0 saturated carbocycles. The normalized spacial score (nSPS) is 12.0. The molecule has 7 heteroatoms. The maximum Gasteiger partial charge on any atom is 0.276 e. The molecule has 0 atom stereocenters. The quantitative estimate of drug-likeness (QED) is 0.529. The fourth-order valence-corrected chi connectivity index (χ4v) is 2.62. The minimum atomic E-state index is -3.74. The number of hydrogen-bond donors (Lipinski definition) is 1. The number of rotatable bonds is 4. The number of hydrogen-bond acceptors (Lipinski definition) is 4. The Morgan fingerprint density at radius 2 is 1.68 bits per heavy atom. The van der Waals surface area contributed by atoms with Crippen LogP contribution in [0.2, 0.25) is 5.02 Å². The number of hydrazone groups is 1. The van der Waals surface area contributed by atoms with E-state index in [1.807, 2.05) is 6.92 Å². The molecule has 0 heterocycles. The number of sulfonamides is 1. The Morgan fingerprint density at radius 3 is 2.23 bits per heavy atom. The average molecular weight is 339 g/mol. The summed E-state index contributed by atoms with van der Waals surface area (Å²) in [5.41, 5.74) is 1.58. The second-order valence-electron chi connectivity index (χ2n) is 4.54. The fraction of sp³-hybridized carbons (Fsp3) is 0.133. The highest BCUT2D eigenvalue weighted by atomic mass is 35.5. The third-order valence-electron chi connectivity index (χ3n) is 2.88. The molecule has 0 aliphatic rings. The number of halogens is 1. The van der Waals surface area contributed by atoms with Gasteiger partial charge in [-0.25, -0.2) is 0 Å². The monoisotopic (exact) mass is 338 g/mol. The number of benzene rings is 2. The molecule has 0 amide bonds. The van der Waals surface area contributed by atoms with Gasteiger partial charge < -0.3 is 4.74 Å². The zero-order valence-electron chi connectivity index (χ0n) is 12.1. The predicted molar refractivity (Wildman–Crippen MR) is 86.5 cm³/mol. The molecule has 0 bridgehead atoms. The van der Waals surface area contributed by atoms with E-state index in [-0.39, 0.29) is 10.8 Å². The maximum atomic E-state index is 12.2. The molecular weight excluding hydrogens is 324 g/mol. The van der Waals surface area contributed by atoms with Gasteiger partial charge in [0.15, 0.2) is 0 Å². The van der Waals surface area contributed by atoms with Crippen LogP contribution in [-0.2, 0) is 14.8 Å². The van der Waals surface area contributed by atoms with Crippen LogP contribution in [0.5, 0.6) is 0 Å². The molecule has 0 radical (unpaired) electrons. The topological polar surface area (TPSA) is 67.8 Å². The van der Waals surface area contributed by atoms with Gasteiger partial charge in [0.1, 0.15) is 0 Å². The van der Waals surface area contributed by atoms with Crippen LogP contribution in [0.25, 0.3) is 0 Å². The predicted octanol–water partition coefficient (Wildman–Crippen LogP) is 2.93. The fourth-order valence-electron chi connectivity index (χ4n) is 1.69. The molecule has 2 rings (SSSR count). The van der Waals surface area contributed by atoms with Gasteiger partial charge in [-0.3, -0.25) is 0 Å². The first-order valence-corrected chi connectivity index (χ1v) is 8.24. The zero-order chi connectivity index (χ0) is 16.2. The SMILES string of the molecule is CO/C(=N\NS(=O)(=O)c1ccc(C)cc1)c1ccc(Cl)cc1. The van der Waals surface area contributed by atoms with E-state index in [9.17, 15) is 8.42 Å². The van der Waals surface area contributed by atoms with Crippen LogP contribution >= 0.6 is 11.6 Å². The highest BCUT2D eigenvalue weighted by Gasteiger charge is 2.13. The second kappa shape index (κ2) is 6.81. The average Bonchev–Trinajstić information content (AvgIpc) is 2.50. The van der Waals surface area contributed by atoms with Crippen molar-refractivity contribution in [2.75, 3.05) is 7.11 Å². The van der Waals surface area contributed by atoms with E-state index >= 15 is 0 Å². The molecule has 0 unspecified atom stereocenters. The van der Waals surface area contributed by atoms with Crippen molar-refractivity contribution in [2.24, 2.45) is 5.10 Å². The zero-order valence-corrected chi connectivity index (χ0v) is 13.6. The van der Waals surface area contributed by atoms with E-state index in [0.717, 1.165) is 5.56 Å². The van der Waals surface area contributed by atoms with E-state index in [1.165, 1.54) is 19.2 Å². The number of nitrogens with zero attached hydrogens (tertiary/aromatic N) is 1. The van der Waals surface area contributed by atoms with Crippen molar-refractivity contribution >= 4 is 27.5 Å². The standard InChI is InChI=1S/C15H15ClN2O3S/c1-11-3-9-14(10-4-11)22(19,20)18-17-15(21-2)12-5-7-13(16)8-6-12/h3-10,18H,1-2H3/b17-15-. The second-order valence-corrected chi connectivity index (χ2v) is 6.63. The summed E-state index contributed by atoms with van der Waals surface area (Å²) < 4.78 is 29.4. The van der Waals surface area contributed by atoms with Gasteiger partial charge in [0, 0.05) is 10.6 Å². The summed E-state index contributed by atoms with van der Waals surface area (Å²) in [6.07, 6.45) is 0. The van der Waals surface area contributed by atoms with Crippen LogP contribution in [-0.4, -0.2) is 21.4 Å². The molecule has 0 fully saturated rings. The van der Waals surface area contributed by atoms with Crippen LogP contribution in [0.3, 0.4) is 0 Å². The van der Waals surface area contributed by atoms with E-state index < -0.39 is 10.0 Å². The van der Waals surface area contributed by atoms with Crippen molar-refractivity contribution in [3.63, 3.8) is 0 Å². The molecular formula is C15H15ClN2O3S. The number of methoxy groups -OCH3 is 1. The van der Waals surface area contributed by atoms with Gasteiger partial charge in [-0.15, -0.1) is 5.10 Å². The molecule has 5 nitrogen and oxygen atoms in total. The first-order chi connectivity index (χ1) is 10.4. The van der Waals surface area contributed by atoms with Gasteiger partial charge in [0.05, 0.1) is 12.0 Å². The Kier molecular flexibility index (Phi) is 5.05. The lowest BCUT2D eigenvalue weighted by Crippen LogP contribution is -2.21. The van der Waals surface area contributed by atoms with E-state index in [0.29, 0.717) is 10.6 Å². The summed E-state index contributed by atoms with van der Waals surface area (Å²) in [4.78, 5) is 2.29.